The largest absolute Gasteiger partial charge is 0.497 e. The van der Waals surface area contributed by atoms with Gasteiger partial charge in [0.15, 0.2) is 0 Å². The highest BCUT2D eigenvalue weighted by Crippen LogP contribution is 2.23. The Kier molecular flexibility index (Phi) is 4.43. The van der Waals surface area contributed by atoms with Gasteiger partial charge in [0.1, 0.15) is 5.75 Å². The molecule has 0 amide bonds. The van der Waals surface area contributed by atoms with Crippen molar-refractivity contribution in [2.45, 2.75) is 11.8 Å². The zero-order valence-corrected chi connectivity index (χ0v) is 12.5. The van der Waals surface area contributed by atoms with E-state index in [1.807, 2.05) is 6.92 Å². The van der Waals surface area contributed by atoms with Crippen LogP contribution in [0.4, 0.5) is 4.39 Å². The molecule has 0 aromatic heterocycles. The summed E-state index contributed by atoms with van der Waals surface area (Å²) >= 11 is 0. The van der Waals surface area contributed by atoms with Crippen molar-refractivity contribution in [3.8, 4) is 5.75 Å². The second kappa shape index (κ2) is 6.10. The fourth-order valence-electron chi connectivity index (χ4n) is 1.74. The van der Waals surface area contributed by atoms with E-state index in [-0.39, 0.29) is 4.90 Å². The molecule has 0 atom stereocenters. The Hall–Kier alpha value is -2.14. The minimum absolute atomic E-state index is 0.0599. The summed E-state index contributed by atoms with van der Waals surface area (Å²) in [5.74, 6) is 0.619. The maximum Gasteiger partial charge on any atom is 0.233 e. The van der Waals surface area contributed by atoms with Gasteiger partial charge in [-0.2, -0.15) is 4.39 Å². The van der Waals surface area contributed by atoms with Crippen LogP contribution in [0.2, 0.25) is 0 Å². The number of hydrogen-bond acceptors (Lipinski definition) is 3. The Morgan fingerprint density at radius 2 is 1.62 bits per heavy atom. The van der Waals surface area contributed by atoms with Gasteiger partial charge in [-0.05, 0) is 42.8 Å². The fraction of sp³-hybridized carbons (Fsp3) is 0.125. The van der Waals surface area contributed by atoms with Gasteiger partial charge in [-0.3, -0.25) is 0 Å². The molecule has 2 aromatic carbocycles. The first-order valence-corrected chi connectivity index (χ1v) is 7.75. The van der Waals surface area contributed by atoms with Gasteiger partial charge < -0.3 is 4.74 Å². The molecule has 0 aliphatic heterocycles. The molecule has 21 heavy (non-hydrogen) atoms. The molecule has 0 N–H and O–H groups in total. The molecule has 0 aliphatic rings. The van der Waals surface area contributed by atoms with Crippen molar-refractivity contribution in [2.75, 3.05) is 7.11 Å². The molecule has 110 valence electrons. The highest BCUT2D eigenvalue weighted by atomic mass is 32.2. The molecule has 0 bridgehead atoms. The third-order valence-electron chi connectivity index (χ3n) is 2.98. The van der Waals surface area contributed by atoms with Crippen LogP contribution in [0.3, 0.4) is 0 Å². The van der Waals surface area contributed by atoms with E-state index in [9.17, 15) is 12.8 Å². The van der Waals surface area contributed by atoms with Gasteiger partial charge in [0.25, 0.3) is 0 Å². The second-order valence-electron chi connectivity index (χ2n) is 4.54. The van der Waals surface area contributed by atoms with E-state index in [1.54, 1.807) is 36.4 Å². The highest BCUT2D eigenvalue weighted by molar-refractivity contribution is 7.95. The predicted octanol–water partition coefficient (Wildman–Crippen LogP) is 3.75. The normalized spacial score (nSPS) is 12.2. The average Bonchev–Trinajstić information content (AvgIpc) is 2.48. The van der Waals surface area contributed by atoms with Crippen molar-refractivity contribution in [2.24, 2.45) is 0 Å². The summed E-state index contributed by atoms with van der Waals surface area (Å²) in [6.45, 7) is 1.83. The molecule has 0 radical (unpaired) electrons. The summed E-state index contributed by atoms with van der Waals surface area (Å²) in [6.07, 6.45) is 0.995. The second-order valence-corrected chi connectivity index (χ2v) is 6.41. The summed E-state index contributed by atoms with van der Waals surface area (Å²) in [5.41, 5.74) is 1.36. The number of halogens is 1. The smallest absolute Gasteiger partial charge is 0.233 e. The molecule has 0 spiro atoms. The zero-order valence-electron chi connectivity index (χ0n) is 11.7. The number of methoxy groups -OCH3 is 1. The SMILES string of the molecule is COc1ccc(/C=C(\F)S(=O)(=O)c2ccc(C)cc2)cc1. The lowest BCUT2D eigenvalue weighted by atomic mass is 10.2. The van der Waals surface area contributed by atoms with Crippen LogP contribution in [0.5, 0.6) is 5.75 Å². The molecular formula is C16H15FO3S. The van der Waals surface area contributed by atoms with Crippen LogP contribution in [0.1, 0.15) is 11.1 Å². The first kappa shape index (κ1) is 15.3. The van der Waals surface area contributed by atoms with Crippen molar-refractivity contribution >= 4 is 15.9 Å². The number of benzene rings is 2. The lowest BCUT2D eigenvalue weighted by Crippen LogP contribution is -2.01. The number of ether oxygens (including phenoxy) is 1. The molecule has 0 fully saturated rings. The van der Waals surface area contributed by atoms with E-state index in [1.165, 1.54) is 19.2 Å². The van der Waals surface area contributed by atoms with Crippen LogP contribution in [-0.4, -0.2) is 15.5 Å². The Morgan fingerprint density at radius 1 is 1.05 bits per heavy atom. The van der Waals surface area contributed by atoms with Crippen LogP contribution < -0.4 is 4.74 Å². The molecular weight excluding hydrogens is 291 g/mol. The van der Waals surface area contributed by atoms with E-state index in [0.29, 0.717) is 11.3 Å². The van der Waals surface area contributed by atoms with E-state index < -0.39 is 15.0 Å². The first-order chi connectivity index (χ1) is 9.93. The Morgan fingerprint density at radius 3 is 2.14 bits per heavy atom. The molecule has 0 unspecified atom stereocenters. The monoisotopic (exact) mass is 306 g/mol. The van der Waals surface area contributed by atoms with Crippen LogP contribution in [0, 0.1) is 6.92 Å². The molecule has 2 aromatic rings. The Bertz CT molecular complexity index is 745. The van der Waals surface area contributed by atoms with Gasteiger partial charge in [0, 0.05) is 0 Å². The quantitative estimate of drug-likeness (QED) is 0.864. The van der Waals surface area contributed by atoms with E-state index >= 15 is 0 Å². The summed E-state index contributed by atoms with van der Waals surface area (Å²) in [5, 5.41) is -1.18. The summed E-state index contributed by atoms with van der Waals surface area (Å²) in [7, 11) is -2.59. The molecule has 5 heteroatoms. The standard InChI is InChI=1S/C16H15FO3S/c1-12-3-9-15(10-4-12)21(18,19)16(17)11-13-5-7-14(20-2)8-6-13/h3-11H,1-2H3/b16-11+. The van der Waals surface area contributed by atoms with Gasteiger partial charge in [0.05, 0.1) is 12.0 Å². The minimum atomic E-state index is -4.11. The van der Waals surface area contributed by atoms with Crippen molar-refractivity contribution in [3.63, 3.8) is 0 Å². The van der Waals surface area contributed by atoms with Gasteiger partial charge in [-0.25, -0.2) is 8.42 Å². The van der Waals surface area contributed by atoms with Crippen LogP contribution in [-0.2, 0) is 9.84 Å². The predicted molar refractivity (Wildman–Crippen MR) is 80.4 cm³/mol. The van der Waals surface area contributed by atoms with Gasteiger partial charge in [-0.1, -0.05) is 29.8 Å². The Labute approximate surface area is 123 Å². The molecule has 0 heterocycles. The number of aryl methyl sites for hydroxylation is 1. The summed E-state index contributed by atoms with van der Waals surface area (Å²) in [6, 6.07) is 12.5. The van der Waals surface area contributed by atoms with E-state index in [2.05, 4.69) is 0 Å². The average molecular weight is 306 g/mol. The van der Waals surface area contributed by atoms with E-state index in [0.717, 1.165) is 11.6 Å². The topological polar surface area (TPSA) is 43.4 Å². The molecule has 3 nitrogen and oxygen atoms in total. The Balaban J connectivity index is 2.34. The van der Waals surface area contributed by atoms with Gasteiger partial charge >= 0.3 is 0 Å². The lowest BCUT2D eigenvalue weighted by molar-refractivity contribution is 0.415. The molecule has 2 rings (SSSR count). The maximum absolute atomic E-state index is 14.1. The lowest BCUT2D eigenvalue weighted by Gasteiger charge is -2.03. The van der Waals surface area contributed by atoms with Crippen LogP contribution in [0.15, 0.2) is 58.6 Å². The summed E-state index contributed by atoms with van der Waals surface area (Å²) in [4.78, 5) is -0.0599. The van der Waals surface area contributed by atoms with Crippen LogP contribution in [0.25, 0.3) is 6.08 Å². The fourth-order valence-corrected chi connectivity index (χ4v) is 2.75. The molecule has 0 saturated carbocycles. The van der Waals surface area contributed by atoms with E-state index in [4.69, 9.17) is 4.74 Å². The maximum atomic E-state index is 14.1. The van der Waals surface area contributed by atoms with Gasteiger partial charge in [0.2, 0.25) is 15.0 Å². The minimum Gasteiger partial charge on any atom is -0.497 e. The third kappa shape index (κ3) is 3.49. The van der Waals surface area contributed by atoms with Crippen molar-refractivity contribution in [1.29, 1.82) is 0 Å². The number of hydrogen-bond donors (Lipinski definition) is 0. The number of rotatable bonds is 4. The van der Waals surface area contributed by atoms with Crippen molar-refractivity contribution in [3.05, 3.63) is 64.8 Å². The van der Waals surface area contributed by atoms with Gasteiger partial charge in [-0.15, -0.1) is 0 Å². The van der Waals surface area contributed by atoms with Crippen molar-refractivity contribution < 1.29 is 17.5 Å². The summed E-state index contributed by atoms with van der Waals surface area (Å²) < 4.78 is 43.3. The third-order valence-corrected chi connectivity index (χ3v) is 4.51. The highest BCUT2D eigenvalue weighted by Gasteiger charge is 2.20. The zero-order chi connectivity index (χ0) is 15.5. The first-order valence-electron chi connectivity index (χ1n) is 6.26. The molecule has 0 saturated heterocycles. The number of sulfone groups is 1. The molecule has 0 aliphatic carbocycles. The van der Waals surface area contributed by atoms with Crippen LogP contribution >= 0.6 is 0 Å². The van der Waals surface area contributed by atoms with Crippen molar-refractivity contribution in [1.82, 2.24) is 0 Å².